The van der Waals surface area contributed by atoms with Gasteiger partial charge in [-0.15, -0.1) is 0 Å². The molecule has 0 bridgehead atoms. The Labute approximate surface area is 163 Å². The minimum absolute atomic E-state index is 0.741. The van der Waals surface area contributed by atoms with Crippen LogP contribution in [0.25, 0.3) is 10.9 Å². The van der Waals surface area contributed by atoms with Gasteiger partial charge < -0.3 is 15.4 Å². The Kier molecular flexibility index (Phi) is 5.29. The summed E-state index contributed by atoms with van der Waals surface area (Å²) in [6, 6.07) is 20.0. The summed E-state index contributed by atoms with van der Waals surface area (Å²) in [4.78, 5) is 12.9. The minimum atomic E-state index is 0.741. The minimum Gasteiger partial charge on any atom is -0.497 e. The van der Waals surface area contributed by atoms with Crippen molar-refractivity contribution in [3.05, 3.63) is 78.8 Å². The lowest BCUT2D eigenvalue weighted by molar-refractivity contribution is 0.414. The fourth-order valence-corrected chi connectivity index (χ4v) is 2.95. The molecule has 2 N–H and O–H groups in total. The molecule has 0 unspecified atom stereocenters. The fraction of sp³-hybridized carbons (Fsp3) is 0.136. The molecule has 0 aliphatic rings. The van der Waals surface area contributed by atoms with Gasteiger partial charge in [0.15, 0.2) is 0 Å². The van der Waals surface area contributed by atoms with Crippen molar-refractivity contribution < 1.29 is 4.74 Å². The van der Waals surface area contributed by atoms with Crippen LogP contribution >= 0.6 is 0 Å². The zero-order chi connectivity index (χ0) is 19.2. The monoisotopic (exact) mass is 371 g/mol. The van der Waals surface area contributed by atoms with E-state index in [1.165, 1.54) is 5.56 Å². The number of hydrogen-bond acceptors (Lipinski definition) is 6. The maximum atomic E-state index is 5.19. The molecule has 0 amide bonds. The van der Waals surface area contributed by atoms with E-state index in [1.807, 2.05) is 42.5 Å². The second-order valence-electron chi connectivity index (χ2n) is 6.35. The first-order valence-electron chi connectivity index (χ1n) is 9.11. The largest absolute Gasteiger partial charge is 0.497 e. The van der Waals surface area contributed by atoms with Crippen molar-refractivity contribution in [3.63, 3.8) is 0 Å². The third-order valence-corrected chi connectivity index (χ3v) is 4.42. The predicted octanol–water partition coefficient (Wildman–Crippen LogP) is 4.43. The number of hydrogen-bond donors (Lipinski definition) is 2. The molecular weight excluding hydrogens is 350 g/mol. The number of methoxy groups -OCH3 is 1. The zero-order valence-corrected chi connectivity index (χ0v) is 15.6. The van der Waals surface area contributed by atoms with Crippen molar-refractivity contribution in [1.82, 2.24) is 15.0 Å². The second kappa shape index (κ2) is 8.35. The summed E-state index contributed by atoms with van der Waals surface area (Å²) < 4.78 is 5.19. The second-order valence-corrected chi connectivity index (χ2v) is 6.35. The van der Waals surface area contributed by atoms with E-state index in [9.17, 15) is 0 Å². The van der Waals surface area contributed by atoms with Crippen LogP contribution in [0, 0.1) is 0 Å². The van der Waals surface area contributed by atoms with Gasteiger partial charge in [-0.05, 0) is 48.4 Å². The topological polar surface area (TPSA) is 72.0 Å². The van der Waals surface area contributed by atoms with Crippen LogP contribution in [0.3, 0.4) is 0 Å². The van der Waals surface area contributed by atoms with Gasteiger partial charge in [0.05, 0.1) is 12.6 Å². The molecule has 0 fully saturated rings. The Morgan fingerprint density at radius 1 is 0.893 bits per heavy atom. The number of pyridine rings is 1. The molecule has 4 rings (SSSR count). The normalized spacial score (nSPS) is 10.6. The zero-order valence-electron chi connectivity index (χ0n) is 15.6. The van der Waals surface area contributed by atoms with Crippen molar-refractivity contribution in [2.45, 2.75) is 6.42 Å². The Balaban J connectivity index is 1.37. The van der Waals surface area contributed by atoms with E-state index >= 15 is 0 Å². The van der Waals surface area contributed by atoms with Crippen LogP contribution in [0.15, 0.2) is 73.2 Å². The summed E-state index contributed by atoms with van der Waals surface area (Å²) in [5.74, 6) is 2.39. The van der Waals surface area contributed by atoms with Gasteiger partial charge >= 0.3 is 0 Å². The highest BCUT2D eigenvalue weighted by Crippen LogP contribution is 2.21. The Morgan fingerprint density at radius 3 is 2.61 bits per heavy atom. The van der Waals surface area contributed by atoms with E-state index in [4.69, 9.17) is 4.74 Å². The van der Waals surface area contributed by atoms with Gasteiger partial charge in [-0.1, -0.05) is 18.2 Å². The number of ether oxygens (including phenoxy) is 1. The molecule has 0 saturated heterocycles. The van der Waals surface area contributed by atoms with Crippen molar-refractivity contribution in [2.75, 3.05) is 24.3 Å². The Hall–Kier alpha value is -3.67. The molecule has 0 radical (unpaired) electrons. The maximum Gasteiger partial charge on any atom is 0.135 e. The lowest BCUT2D eigenvalue weighted by Gasteiger charge is -2.09. The molecule has 2 heterocycles. The molecule has 6 heteroatoms. The third kappa shape index (κ3) is 4.35. The van der Waals surface area contributed by atoms with Gasteiger partial charge in [-0.2, -0.15) is 0 Å². The Morgan fingerprint density at radius 2 is 1.75 bits per heavy atom. The van der Waals surface area contributed by atoms with Crippen LogP contribution in [0.4, 0.5) is 17.3 Å². The number of nitrogens with one attached hydrogen (secondary N) is 2. The van der Waals surface area contributed by atoms with Crippen LogP contribution in [-0.4, -0.2) is 28.6 Å². The first-order valence-corrected chi connectivity index (χ1v) is 9.11. The molecule has 0 aliphatic carbocycles. The number of fused-ring (bicyclic) bond motifs is 1. The van der Waals surface area contributed by atoms with Crippen LogP contribution in [0.2, 0.25) is 0 Å². The van der Waals surface area contributed by atoms with Gasteiger partial charge in [-0.25, -0.2) is 9.97 Å². The van der Waals surface area contributed by atoms with Crippen molar-refractivity contribution in [1.29, 1.82) is 0 Å². The lowest BCUT2D eigenvalue weighted by Crippen LogP contribution is -2.07. The van der Waals surface area contributed by atoms with Gasteiger partial charge in [-0.3, -0.25) is 4.98 Å². The van der Waals surface area contributed by atoms with Gasteiger partial charge in [0.2, 0.25) is 0 Å². The highest BCUT2D eigenvalue weighted by atomic mass is 16.5. The summed E-state index contributed by atoms with van der Waals surface area (Å²) in [5, 5.41) is 7.75. The molecule has 0 aliphatic heterocycles. The molecular formula is C22H21N5O. The molecule has 2 aromatic heterocycles. The molecule has 6 nitrogen and oxygen atoms in total. The van der Waals surface area contributed by atoms with Crippen molar-refractivity contribution in [3.8, 4) is 5.75 Å². The standard InChI is InChI=1S/C22H21N5O/c1-28-19-7-4-16(5-8-19)10-12-24-21-14-22(26-15-25-21)27-18-6-9-20-17(13-18)3-2-11-23-20/h2-9,11,13-15H,10,12H2,1H3,(H2,24,25,26,27). The van der Waals surface area contributed by atoms with Crippen molar-refractivity contribution in [2.24, 2.45) is 0 Å². The van der Waals surface area contributed by atoms with E-state index in [-0.39, 0.29) is 0 Å². The average molecular weight is 371 g/mol. The number of rotatable bonds is 7. The maximum absolute atomic E-state index is 5.19. The third-order valence-electron chi connectivity index (χ3n) is 4.42. The first-order chi connectivity index (χ1) is 13.8. The Bertz CT molecular complexity index is 1070. The van der Waals surface area contributed by atoms with E-state index in [0.717, 1.165) is 46.9 Å². The molecule has 0 saturated carbocycles. The van der Waals surface area contributed by atoms with E-state index < -0.39 is 0 Å². The SMILES string of the molecule is COc1ccc(CCNc2cc(Nc3ccc4ncccc4c3)ncn2)cc1. The van der Waals surface area contributed by atoms with Crippen LogP contribution in [0.1, 0.15) is 5.56 Å². The highest BCUT2D eigenvalue weighted by Gasteiger charge is 2.02. The molecule has 4 aromatic rings. The number of nitrogens with zero attached hydrogens (tertiary/aromatic N) is 3. The van der Waals surface area contributed by atoms with Crippen LogP contribution in [0.5, 0.6) is 5.75 Å². The van der Waals surface area contributed by atoms with Crippen LogP contribution in [-0.2, 0) is 6.42 Å². The van der Waals surface area contributed by atoms with Crippen LogP contribution < -0.4 is 15.4 Å². The summed E-state index contributed by atoms with van der Waals surface area (Å²) in [5.41, 5.74) is 3.17. The number of benzene rings is 2. The quantitative estimate of drug-likeness (QED) is 0.501. The summed E-state index contributed by atoms with van der Waals surface area (Å²) in [7, 11) is 1.67. The summed E-state index contributed by atoms with van der Waals surface area (Å²) >= 11 is 0. The molecule has 0 spiro atoms. The molecule has 28 heavy (non-hydrogen) atoms. The predicted molar refractivity (Wildman–Crippen MR) is 112 cm³/mol. The molecule has 140 valence electrons. The fourth-order valence-electron chi connectivity index (χ4n) is 2.95. The molecule has 2 aromatic carbocycles. The smallest absolute Gasteiger partial charge is 0.135 e. The number of anilines is 3. The summed E-state index contributed by atoms with van der Waals surface area (Å²) in [6.07, 6.45) is 4.25. The number of aromatic nitrogens is 3. The van der Waals surface area contributed by atoms with Gasteiger partial charge in [0, 0.05) is 29.9 Å². The van der Waals surface area contributed by atoms with E-state index in [2.05, 4.69) is 43.8 Å². The van der Waals surface area contributed by atoms with Gasteiger partial charge in [0.25, 0.3) is 0 Å². The highest BCUT2D eigenvalue weighted by molar-refractivity contribution is 5.83. The van der Waals surface area contributed by atoms with Gasteiger partial charge in [0.1, 0.15) is 23.7 Å². The first kappa shape index (κ1) is 17.7. The van der Waals surface area contributed by atoms with Crippen molar-refractivity contribution >= 4 is 28.2 Å². The van der Waals surface area contributed by atoms with E-state index in [0.29, 0.717) is 0 Å². The average Bonchev–Trinajstić information content (AvgIpc) is 2.74. The molecule has 0 atom stereocenters. The lowest BCUT2D eigenvalue weighted by atomic mass is 10.1. The van der Waals surface area contributed by atoms with E-state index in [1.54, 1.807) is 19.6 Å². The summed E-state index contributed by atoms with van der Waals surface area (Å²) in [6.45, 7) is 0.782.